The van der Waals surface area contributed by atoms with Crippen molar-refractivity contribution in [1.29, 1.82) is 0 Å². The lowest BCUT2D eigenvalue weighted by Crippen LogP contribution is -2.40. The third-order valence-electron chi connectivity index (χ3n) is 2.76. The predicted molar refractivity (Wildman–Crippen MR) is 57.8 cm³/mol. The average molecular weight is 213 g/mol. The molecule has 0 aliphatic carbocycles. The molecule has 1 atom stereocenters. The Kier molecular flexibility index (Phi) is 3.80. The lowest BCUT2D eigenvalue weighted by atomic mass is 9.86. The van der Waals surface area contributed by atoms with Gasteiger partial charge in [0.2, 0.25) is 0 Å². The van der Waals surface area contributed by atoms with E-state index in [4.69, 9.17) is 5.73 Å². The van der Waals surface area contributed by atoms with Gasteiger partial charge in [-0.15, -0.1) is 0 Å². The summed E-state index contributed by atoms with van der Waals surface area (Å²) in [5, 5.41) is 0. The molecule has 0 aliphatic rings. The summed E-state index contributed by atoms with van der Waals surface area (Å²) < 4.78 is 27.1. The van der Waals surface area contributed by atoms with Crippen LogP contribution in [0, 0.1) is 11.7 Å². The van der Waals surface area contributed by atoms with Gasteiger partial charge < -0.3 is 5.73 Å². The maximum absolute atomic E-state index is 14.2. The van der Waals surface area contributed by atoms with Crippen LogP contribution in [0.2, 0.25) is 0 Å². The molecule has 0 spiro atoms. The highest BCUT2D eigenvalue weighted by Gasteiger charge is 2.32. The molecule has 0 heterocycles. The molecule has 15 heavy (non-hydrogen) atoms. The fourth-order valence-electron chi connectivity index (χ4n) is 1.50. The van der Waals surface area contributed by atoms with E-state index >= 15 is 0 Å². The first-order valence-electron chi connectivity index (χ1n) is 5.11. The van der Waals surface area contributed by atoms with E-state index < -0.39 is 5.67 Å². The second-order valence-corrected chi connectivity index (χ2v) is 4.20. The predicted octanol–water partition coefficient (Wildman–Crippen LogP) is 2.69. The van der Waals surface area contributed by atoms with Crippen molar-refractivity contribution >= 4 is 0 Å². The minimum atomic E-state index is -1.45. The first-order valence-corrected chi connectivity index (χ1v) is 5.11. The molecule has 0 aliphatic heterocycles. The van der Waals surface area contributed by atoms with Gasteiger partial charge >= 0.3 is 0 Å². The normalized spacial score (nSPS) is 15.3. The SMILES string of the molecule is CC(C)C(F)(CN)Cc1cccc(F)c1. The van der Waals surface area contributed by atoms with E-state index in [0.717, 1.165) is 0 Å². The van der Waals surface area contributed by atoms with E-state index in [1.165, 1.54) is 12.1 Å². The van der Waals surface area contributed by atoms with E-state index in [0.29, 0.717) is 5.56 Å². The zero-order chi connectivity index (χ0) is 11.5. The van der Waals surface area contributed by atoms with Crippen LogP contribution in [-0.2, 0) is 6.42 Å². The summed E-state index contributed by atoms with van der Waals surface area (Å²) in [5.74, 6) is -0.513. The number of hydrogen-bond donors (Lipinski definition) is 1. The van der Waals surface area contributed by atoms with Gasteiger partial charge in [0.1, 0.15) is 11.5 Å². The highest BCUT2D eigenvalue weighted by molar-refractivity contribution is 5.19. The van der Waals surface area contributed by atoms with Gasteiger partial charge in [0.25, 0.3) is 0 Å². The number of rotatable bonds is 4. The minimum Gasteiger partial charge on any atom is -0.328 e. The van der Waals surface area contributed by atoms with E-state index in [-0.39, 0.29) is 24.7 Å². The second-order valence-electron chi connectivity index (χ2n) is 4.20. The molecule has 0 bridgehead atoms. The quantitative estimate of drug-likeness (QED) is 0.817. The minimum absolute atomic E-state index is 0.0405. The van der Waals surface area contributed by atoms with Crippen LogP contribution in [-0.4, -0.2) is 12.2 Å². The van der Waals surface area contributed by atoms with Crippen LogP contribution >= 0.6 is 0 Å². The molecule has 3 heteroatoms. The number of halogens is 2. The Hall–Kier alpha value is -0.960. The third kappa shape index (κ3) is 2.99. The molecule has 84 valence electrons. The van der Waals surface area contributed by atoms with E-state index in [1.807, 2.05) is 0 Å². The van der Waals surface area contributed by atoms with Gasteiger partial charge in [0, 0.05) is 13.0 Å². The molecule has 2 N–H and O–H groups in total. The van der Waals surface area contributed by atoms with Gasteiger partial charge in [0.05, 0.1) is 0 Å². The maximum Gasteiger partial charge on any atom is 0.129 e. The van der Waals surface area contributed by atoms with Crippen molar-refractivity contribution in [2.45, 2.75) is 25.9 Å². The molecule has 1 aromatic rings. The van der Waals surface area contributed by atoms with Crippen molar-refractivity contribution in [3.8, 4) is 0 Å². The van der Waals surface area contributed by atoms with Crippen molar-refractivity contribution in [2.24, 2.45) is 11.7 Å². The highest BCUT2D eigenvalue weighted by Crippen LogP contribution is 2.25. The van der Waals surface area contributed by atoms with Crippen LogP contribution in [0.5, 0.6) is 0 Å². The molecule has 0 aromatic heterocycles. The largest absolute Gasteiger partial charge is 0.328 e. The zero-order valence-corrected chi connectivity index (χ0v) is 9.13. The van der Waals surface area contributed by atoms with Gasteiger partial charge in [-0.1, -0.05) is 26.0 Å². The molecule has 0 amide bonds. The fourth-order valence-corrected chi connectivity index (χ4v) is 1.50. The fraction of sp³-hybridized carbons (Fsp3) is 0.500. The Morgan fingerprint density at radius 2 is 2.07 bits per heavy atom. The van der Waals surface area contributed by atoms with E-state index in [9.17, 15) is 8.78 Å². The Bertz CT molecular complexity index is 325. The summed E-state index contributed by atoms with van der Waals surface area (Å²) in [6, 6.07) is 6.00. The third-order valence-corrected chi connectivity index (χ3v) is 2.76. The summed E-state index contributed by atoms with van der Waals surface area (Å²) in [7, 11) is 0. The zero-order valence-electron chi connectivity index (χ0n) is 9.13. The summed E-state index contributed by atoms with van der Waals surface area (Å²) in [6.07, 6.45) is 0.166. The maximum atomic E-state index is 14.2. The van der Waals surface area contributed by atoms with Crippen molar-refractivity contribution in [3.05, 3.63) is 35.6 Å². The first-order chi connectivity index (χ1) is 6.98. The molecule has 0 saturated heterocycles. The van der Waals surface area contributed by atoms with Crippen LogP contribution in [0.4, 0.5) is 8.78 Å². The van der Waals surface area contributed by atoms with Crippen LogP contribution in [0.15, 0.2) is 24.3 Å². The highest BCUT2D eigenvalue weighted by atomic mass is 19.1. The monoisotopic (exact) mass is 213 g/mol. The number of nitrogens with two attached hydrogens (primary N) is 1. The van der Waals surface area contributed by atoms with E-state index in [2.05, 4.69) is 0 Å². The van der Waals surface area contributed by atoms with Gasteiger partial charge in [-0.25, -0.2) is 8.78 Å². The molecule has 1 rings (SSSR count). The second kappa shape index (κ2) is 4.71. The van der Waals surface area contributed by atoms with Gasteiger partial charge in [-0.3, -0.25) is 0 Å². The van der Waals surface area contributed by atoms with Crippen LogP contribution in [0.25, 0.3) is 0 Å². The Morgan fingerprint density at radius 3 is 2.53 bits per heavy atom. The van der Waals surface area contributed by atoms with Crippen molar-refractivity contribution in [3.63, 3.8) is 0 Å². The Labute approximate surface area is 89.3 Å². The average Bonchev–Trinajstić information content (AvgIpc) is 2.17. The standard InChI is InChI=1S/C12H17F2N/c1-9(2)12(14,8-15)7-10-4-3-5-11(13)6-10/h3-6,9H,7-8,15H2,1-2H3. The molecular formula is C12H17F2N. The number of hydrogen-bond acceptors (Lipinski definition) is 1. The molecule has 0 saturated carbocycles. The molecule has 0 radical (unpaired) electrons. The topological polar surface area (TPSA) is 26.0 Å². The molecule has 0 fully saturated rings. The number of alkyl halides is 1. The van der Waals surface area contributed by atoms with Crippen LogP contribution in [0.3, 0.4) is 0 Å². The molecule has 1 aromatic carbocycles. The first kappa shape index (κ1) is 12.1. The Balaban J connectivity index is 2.84. The number of benzene rings is 1. The van der Waals surface area contributed by atoms with Crippen molar-refractivity contribution < 1.29 is 8.78 Å². The molecule has 1 nitrogen and oxygen atoms in total. The molecule has 1 unspecified atom stereocenters. The van der Waals surface area contributed by atoms with Crippen LogP contribution < -0.4 is 5.73 Å². The van der Waals surface area contributed by atoms with Gasteiger partial charge in [-0.05, 0) is 23.6 Å². The summed E-state index contributed by atoms with van der Waals surface area (Å²) in [6.45, 7) is 3.53. The summed E-state index contributed by atoms with van der Waals surface area (Å²) in [5.41, 5.74) is 4.62. The van der Waals surface area contributed by atoms with Gasteiger partial charge in [0.15, 0.2) is 0 Å². The smallest absolute Gasteiger partial charge is 0.129 e. The lowest BCUT2D eigenvalue weighted by Gasteiger charge is -2.27. The molecular weight excluding hydrogens is 196 g/mol. The lowest BCUT2D eigenvalue weighted by molar-refractivity contribution is 0.110. The van der Waals surface area contributed by atoms with E-state index in [1.54, 1.807) is 26.0 Å². The summed E-state index contributed by atoms with van der Waals surface area (Å²) in [4.78, 5) is 0. The Morgan fingerprint density at radius 1 is 1.40 bits per heavy atom. The van der Waals surface area contributed by atoms with Gasteiger partial charge in [-0.2, -0.15) is 0 Å². The van der Waals surface area contributed by atoms with Crippen LogP contribution in [0.1, 0.15) is 19.4 Å². The van der Waals surface area contributed by atoms with Crippen molar-refractivity contribution in [2.75, 3.05) is 6.54 Å². The van der Waals surface area contributed by atoms with Crippen molar-refractivity contribution in [1.82, 2.24) is 0 Å². The summed E-state index contributed by atoms with van der Waals surface area (Å²) >= 11 is 0.